The second-order valence-electron chi connectivity index (χ2n) is 28.4. The molecule has 2 aromatic carbocycles. The summed E-state index contributed by atoms with van der Waals surface area (Å²) in [6.07, 6.45) is 18.8. The molecule has 0 aliphatic rings. The Morgan fingerprint density at radius 1 is 0.292 bits per heavy atom. The first-order valence-electron chi connectivity index (χ1n) is 35.0. The van der Waals surface area contributed by atoms with Crippen LogP contribution in [0, 0.1) is 0 Å². The molecule has 0 amide bonds. The van der Waals surface area contributed by atoms with Crippen LogP contribution in [0.25, 0.3) is 34.2 Å². The Labute approximate surface area is 576 Å². The zero-order valence-electron chi connectivity index (χ0n) is 62.4. The van der Waals surface area contributed by atoms with Crippen molar-refractivity contribution in [3.05, 3.63) is 245 Å². The van der Waals surface area contributed by atoms with E-state index in [1.807, 2.05) is 112 Å². The van der Waals surface area contributed by atoms with Crippen molar-refractivity contribution in [3.8, 4) is 34.2 Å². The first-order chi connectivity index (χ1) is 45.7. The number of furan rings is 2. The molecule has 0 saturated heterocycles. The van der Waals surface area contributed by atoms with Crippen molar-refractivity contribution in [2.45, 2.75) is 237 Å². The largest absolute Gasteiger partial charge is 0.469 e. The molecule has 512 valence electrons. The summed E-state index contributed by atoms with van der Waals surface area (Å²) in [5.74, 6) is 10.0. The van der Waals surface area contributed by atoms with E-state index in [9.17, 15) is 0 Å². The average molecular weight is 1300 g/mol. The van der Waals surface area contributed by atoms with E-state index in [4.69, 9.17) is 8.83 Å². The van der Waals surface area contributed by atoms with E-state index in [2.05, 4.69) is 255 Å². The highest BCUT2D eigenvalue weighted by Crippen LogP contribution is 2.36. The van der Waals surface area contributed by atoms with Crippen LogP contribution >= 0.6 is 0 Å². The first kappa shape index (κ1) is 76.3. The van der Waals surface area contributed by atoms with Crippen LogP contribution in [0.2, 0.25) is 0 Å². The summed E-state index contributed by atoms with van der Waals surface area (Å²) in [6, 6.07) is 38.7. The lowest BCUT2D eigenvalue weighted by molar-refractivity contribution is 0.479. The van der Waals surface area contributed by atoms with Gasteiger partial charge in [-0.1, -0.05) is 221 Å². The van der Waals surface area contributed by atoms with E-state index in [-0.39, 0.29) is 0 Å². The van der Waals surface area contributed by atoms with Gasteiger partial charge in [-0.3, -0.25) is 9.97 Å². The lowest BCUT2D eigenvalue weighted by Gasteiger charge is -2.14. The summed E-state index contributed by atoms with van der Waals surface area (Å²) in [7, 11) is 0. The normalized spacial score (nSPS) is 11.4. The number of nitrogens with zero attached hydrogens (tertiary/aromatic N) is 11. The van der Waals surface area contributed by atoms with Gasteiger partial charge in [0, 0.05) is 42.2 Å². The Kier molecular flexibility index (Phi) is 28.9. The van der Waals surface area contributed by atoms with Crippen molar-refractivity contribution in [1.82, 2.24) is 54.1 Å². The fraction of sp³-hybridized carbons (Fsp3) is 0.434. The van der Waals surface area contributed by atoms with Crippen LogP contribution in [0.15, 0.2) is 186 Å². The molecule has 13 nitrogen and oxygen atoms in total. The summed E-state index contributed by atoms with van der Waals surface area (Å²) in [5.41, 5.74) is 17.6. The van der Waals surface area contributed by atoms with E-state index in [1.54, 1.807) is 31.1 Å². The zero-order valence-corrected chi connectivity index (χ0v) is 62.4. The van der Waals surface area contributed by atoms with E-state index in [0.29, 0.717) is 71.0 Å². The maximum absolute atomic E-state index is 6.02. The molecular formula is C83H113N11O2. The van der Waals surface area contributed by atoms with Gasteiger partial charge in [-0.2, -0.15) is 20.4 Å². The van der Waals surface area contributed by atoms with E-state index < -0.39 is 0 Å². The lowest BCUT2D eigenvalue weighted by Crippen LogP contribution is -2.07. The number of pyridine rings is 3. The Balaban J connectivity index is 0.000000183. The zero-order chi connectivity index (χ0) is 70.5. The highest BCUT2D eigenvalue weighted by molar-refractivity contribution is 5.59. The van der Waals surface area contributed by atoms with E-state index in [0.717, 1.165) is 45.7 Å². The Morgan fingerprint density at radius 2 is 0.688 bits per heavy atom. The molecule has 96 heavy (non-hydrogen) atoms. The van der Waals surface area contributed by atoms with Gasteiger partial charge in [0.1, 0.15) is 17.3 Å². The molecule has 0 radical (unpaired) electrons. The number of rotatable bonds is 17. The fourth-order valence-electron chi connectivity index (χ4n) is 11.7. The highest BCUT2D eigenvalue weighted by atomic mass is 16.3. The van der Waals surface area contributed by atoms with Crippen LogP contribution in [0.1, 0.15) is 305 Å². The number of hydrogen-bond donors (Lipinski definition) is 0. The van der Waals surface area contributed by atoms with Crippen LogP contribution in [-0.2, 0) is 0 Å². The minimum absolute atomic E-state index is 0.435. The van der Waals surface area contributed by atoms with Gasteiger partial charge in [0.25, 0.3) is 0 Å². The molecule has 0 aliphatic heterocycles. The lowest BCUT2D eigenvalue weighted by atomic mass is 9.98. The van der Waals surface area contributed by atoms with Crippen molar-refractivity contribution in [2.75, 3.05) is 0 Å². The number of benzene rings is 2. The van der Waals surface area contributed by atoms with Crippen molar-refractivity contribution < 1.29 is 8.83 Å². The van der Waals surface area contributed by atoms with E-state index in [1.165, 1.54) is 56.2 Å². The number of aromatic nitrogens is 11. The van der Waals surface area contributed by atoms with Crippen LogP contribution in [0.5, 0.6) is 0 Å². The van der Waals surface area contributed by atoms with Gasteiger partial charge < -0.3 is 8.83 Å². The second-order valence-corrected chi connectivity index (χ2v) is 28.4. The summed E-state index contributed by atoms with van der Waals surface area (Å²) in [6.45, 7) is 52.8. The average Bonchev–Trinajstić information content (AvgIpc) is 1.68. The van der Waals surface area contributed by atoms with E-state index >= 15 is 0 Å². The van der Waals surface area contributed by atoms with Crippen molar-refractivity contribution in [3.63, 3.8) is 0 Å². The van der Waals surface area contributed by atoms with Gasteiger partial charge in [0.15, 0.2) is 5.82 Å². The molecule has 0 spiro atoms. The fourth-order valence-corrected chi connectivity index (χ4v) is 11.7. The van der Waals surface area contributed by atoms with Crippen LogP contribution in [0.3, 0.4) is 0 Å². The van der Waals surface area contributed by atoms with Crippen molar-refractivity contribution in [2.24, 2.45) is 0 Å². The molecule has 0 fully saturated rings. The minimum Gasteiger partial charge on any atom is -0.469 e. The topological polar surface area (TPSA) is 136 Å². The summed E-state index contributed by atoms with van der Waals surface area (Å²) < 4.78 is 19.5. The summed E-state index contributed by atoms with van der Waals surface area (Å²) in [4.78, 5) is 12.6. The molecule has 9 aromatic heterocycles. The van der Waals surface area contributed by atoms with Crippen LogP contribution in [0.4, 0.5) is 0 Å². The molecule has 11 rings (SSSR count). The number of para-hydroxylation sites is 1. The molecule has 9 heterocycles. The molecule has 0 atom stereocenters. The van der Waals surface area contributed by atoms with Crippen molar-refractivity contribution >= 4 is 0 Å². The maximum atomic E-state index is 6.02. The predicted molar refractivity (Wildman–Crippen MR) is 400 cm³/mol. The standard InChI is InChI=1S/C16H20O.C15H20N2.3C14H19N3.C10H16O/c1-11(2)14-10-15(17-16(14)12(3)4)13-8-6-5-7-9-13;1-11(2)14-10-16-17(15(14)12(3)4)13-8-6-5-7-9-13;1-10(2)13-9-16-17(14(13)11(3)4)12-5-7-15-8-6-12;1-10(2)13-9-16-17(14(13)11(3)4)12-6-5-7-15-8-12;1-10(2)12-9-16-17(14(12)11(3)4)13-7-5-6-8-15-13;1-7(2)9-5-6-11-10(9)8(3)4/h2*5-12H,1-4H3;3*5-11H,1-4H3;5-8H,1-4H3. The second kappa shape index (κ2) is 36.4. The molecule has 0 unspecified atom stereocenters. The maximum Gasteiger partial charge on any atom is 0.153 e. The van der Waals surface area contributed by atoms with Gasteiger partial charge in [0.2, 0.25) is 0 Å². The van der Waals surface area contributed by atoms with Gasteiger partial charge in [-0.15, -0.1) is 0 Å². The molecule has 0 bridgehead atoms. The van der Waals surface area contributed by atoms with Crippen molar-refractivity contribution in [1.29, 1.82) is 0 Å². The minimum atomic E-state index is 0.435. The smallest absolute Gasteiger partial charge is 0.153 e. The quantitative estimate of drug-likeness (QED) is 0.0873. The van der Waals surface area contributed by atoms with Crippen LogP contribution in [-0.4, -0.2) is 54.1 Å². The third kappa shape index (κ3) is 20.2. The predicted octanol–water partition coefficient (Wildman–Crippen LogP) is 23.4. The third-order valence-corrected chi connectivity index (χ3v) is 16.6. The third-order valence-electron chi connectivity index (χ3n) is 16.6. The molecule has 11 aromatic rings. The van der Waals surface area contributed by atoms with Gasteiger partial charge in [-0.25, -0.2) is 23.7 Å². The highest BCUT2D eigenvalue weighted by Gasteiger charge is 2.23. The Bertz CT molecular complexity index is 3530. The summed E-state index contributed by atoms with van der Waals surface area (Å²) in [5, 5.41) is 18.1. The molecule has 0 aliphatic carbocycles. The summed E-state index contributed by atoms with van der Waals surface area (Å²) >= 11 is 0. The van der Waals surface area contributed by atoms with Gasteiger partial charge in [-0.05, 0) is 153 Å². The Hall–Kier alpha value is -8.71. The van der Waals surface area contributed by atoms with Crippen LogP contribution < -0.4 is 0 Å². The Morgan fingerprint density at radius 3 is 1.06 bits per heavy atom. The first-order valence-corrected chi connectivity index (χ1v) is 35.0. The monoisotopic (exact) mass is 1300 g/mol. The molecule has 0 N–H and O–H groups in total. The molecule has 13 heteroatoms. The van der Waals surface area contributed by atoms with Gasteiger partial charge in [0.05, 0.1) is 77.1 Å². The molecular weight excluding hydrogens is 1180 g/mol. The van der Waals surface area contributed by atoms with Gasteiger partial charge >= 0.3 is 0 Å². The molecule has 0 saturated carbocycles. The number of hydrogen-bond acceptors (Lipinski definition) is 9. The SMILES string of the molecule is CC(C)c1cc(-c2ccccc2)oc1C(C)C.CC(C)c1ccoc1C(C)C.CC(C)c1cnn(-c2ccccc2)c1C(C)C.CC(C)c1cnn(-c2ccccn2)c1C(C)C.CC(C)c1cnn(-c2cccnc2)c1C(C)C.CC(C)c1cnn(-c2ccncc2)c1C(C)C.